The minimum absolute atomic E-state index is 0.0792. The van der Waals surface area contributed by atoms with Crippen LogP contribution < -0.4 is 9.47 Å². The summed E-state index contributed by atoms with van der Waals surface area (Å²) in [6, 6.07) is 7.73. The van der Waals surface area contributed by atoms with Gasteiger partial charge in [0.15, 0.2) is 0 Å². The fourth-order valence-corrected chi connectivity index (χ4v) is 4.32. The second-order valence-electron chi connectivity index (χ2n) is 6.59. The minimum Gasteiger partial charge on any atom is -0.490 e. The summed E-state index contributed by atoms with van der Waals surface area (Å²) < 4.78 is 16.6. The van der Waals surface area contributed by atoms with Crippen LogP contribution in [0.1, 0.15) is 11.1 Å². The zero-order valence-corrected chi connectivity index (χ0v) is 18.4. The predicted octanol–water partition coefficient (Wildman–Crippen LogP) is 5.62. The van der Waals surface area contributed by atoms with Crippen molar-refractivity contribution in [2.45, 2.75) is 6.92 Å². The molecule has 0 fully saturated rings. The molecule has 31 heavy (non-hydrogen) atoms. The summed E-state index contributed by atoms with van der Waals surface area (Å²) in [6.45, 7) is 6.14. The van der Waals surface area contributed by atoms with E-state index in [0.717, 1.165) is 37.4 Å². The number of benzene rings is 2. The molecule has 0 saturated heterocycles. The highest BCUT2D eigenvalue weighted by Crippen LogP contribution is 2.37. The van der Waals surface area contributed by atoms with Crippen LogP contribution in [0.25, 0.3) is 37.9 Å². The van der Waals surface area contributed by atoms with Crippen molar-refractivity contribution in [2.75, 3.05) is 20.3 Å². The number of fused-ring (bicyclic) bond motifs is 2. The van der Waals surface area contributed by atoms with E-state index in [4.69, 9.17) is 26.1 Å². The maximum absolute atomic E-state index is 10.7. The molecule has 0 amide bonds. The number of aromatic nitrogens is 3. The molecule has 0 N–H and O–H groups in total. The Morgan fingerprint density at radius 3 is 2.77 bits per heavy atom. The van der Waals surface area contributed by atoms with E-state index in [1.54, 1.807) is 19.4 Å². The topological polar surface area (TPSA) is 83.4 Å². The maximum atomic E-state index is 10.7. The van der Waals surface area contributed by atoms with E-state index in [2.05, 4.69) is 21.3 Å². The van der Waals surface area contributed by atoms with E-state index in [9.17, 15) is 4.79 Å². The van der Waals surface area contributed by atoms with Crippen molar-refractivity contribution in [2.24, 2.45) is 0 Å². The molecule has 7 nitrogen and oxygen atoms in total. The SMILES string of the molecule is C=Cc1cc(-c2nc3c(C)cc(OCCOC(=O)Cl)cc3s2)c2ncc(OC)nc2c1. The molecule has 0 bridgehead atoms. The van der Waals surface area contributed by atoms with Crippen LogP contribution in [-0.4, -0.2) is 40.7 Å². The number of thiazole rings is 1. The average molecular weight is 456 g/mol. The molecule has 158 valence electrons. The second kappa shape index (κ2) is 8.87. The summed E-state index contributed by atoms with van der Waals surface area (Å²) in [5.74, 6) is 1.11. The minimum atomic E-state index is -0.850. The van der Waals surface area contributed by atoms with Gasteiger partial charge in [-0.1, -0.05) is 12.7 Å². The first kappa shape index (κ1) is 21.0. The van der Waals surface area contributed by atoms with Crippen molar-refractivity contribution in [3.05, 3.63) is 48.2 Å². The molecule has 2 aromatic carbocycles. The fraction of sp³-hybridized carbons (Fsp3) is 0.182. The molecule has 2 heterocycles. The molecule has 4 aromatic rings. The first-order valence-electron chi connectivity index (χ1n) is 9.32. The van der Waals surface area contributed by atoms with Crippen LogP contribution in [0.3, 0.4) is 0 Å². The molecule has 2 aromatic heterocycles. The summed E-state index contributed by atoms with van der Waals surface area (Å²) in [5.41, 5.74) is 4.25. The van der Waals surface area contributed by atoms with Gasteiger partial charge in [-0.2, -0.15) is 0 Å². The number of ether oxygens (including phenoxy) is 3. The van der Waals surface area contributed by atoms with Gasteiger partial charge in [0.2, 0.25) is 5.88 Å². The molecule has 0 spiro atoms. The summed E-state index contributed by atoms with van der Waals surface area (Å²) in [6.07, 6.45) is 3.36. The Labute approximate surface area is 187 Å². The molecular weight excluding hydrogens is 438 g/mol. The van der Waals surface area contributed by atoms with Gasteiger partial charge in [-0.15, -0.1) is 11.3 Å². The van der Waals surface area contributed by atoms with Gasteiger partial charge in [-0.25, -0.2) is 19.7 Å². The molecule has 4 rings (SSSR count). The Morgan fingerprint density at radius 1 is 1.19 bits per heavy atom. The predicted molar refractivity (Wildman–Crippen MR) is 122 cm³/mol. The lowest BCUT2D eigenvalue weighted by Crippen LogP contribution is -2.07. The molecule has 9 heteroatoms. The van der Waals surface area contributed by atoms with Crippen LogP contribution in [0.5, 0.6) is 11.6 Å². The highest BCUT2D eigenvalue weighted by molar-refractivity contribution is 7.21. The molecule has 0 atom stereocenters. The number of nitrogens with zero attached hydrogens (tertiary/aromatic N) is 3. The number of rotatable bonds is 7. The molecule has 0 aliphatic carbocycles. The van der Waals surface area contributed by atoms with Gasteiger partial charge in [0, 0.05) is 17.2 Å². The average Bonchev–Trinajstić information content (AvgIpc) is 3.20. The van der Waals surface area contributed by atoms with E-state index in [1.165, 1.54) is 11.3 Å². The fourth-order valence-electron chi connectivity index (χ4n) is 3.15. The van der Waals surface area contributed by atoms with Gasteiger partial charge < -0.3 is 14.2 Å². The molecule has 0 radical (unpaired) electrons. The first-order valence-corrected chi connectivity index (χ1v) is 10.5. The van der Waals surface area contributed by atoms with Crippen LogP contribution in [0.4, 0.5) is 4.79 Å². The van der Waals surface area contributed by atoms with Crippen LogP contribution in [0, 0.1) is 6.92 Å². The third kappa shape index (κ3) is 4.45. The molecule has 0 aliphatic rings. The van der Waals surface area contributed by atoms with Gasteiger partial charge in [0.05, 0.1) is 34.6 Å². The van der Waals surface area contributed by atoms with Crippen molar-refractivity contribution in [1.82, 2.24) is 15.0 Å². The van der Waals surface area contributed by atoms with Crippen molar-refractivity contribution in [3.8, 4) is 22.2 Å². The number of hydrogen-bond donors (Lipinski definition) is 0. The van der Waals surface area contributed by atoms with E-state index in [1.807, 2.05) is 31.2 Å². The van der Waals surface area contributed by atoms with Gasteiger partial charge in [0.25, 0.3) is 0 Å². The Bertz CT molecular complexity index is 1310. The maximum Gasteiger partial charge on any atom is 0.403 e. The number of carbonyl (C=O) groups is 1. The number of aryl methyl sites for hydroxylation is 1. The molecule has 0 unspecified atom stereocenters. The molecule has 0 aliphatic heterocycles. The van der Waals surface area contributed by atoms with Crippen molar-refractivity contribution in [3.63, 3.8) is 0 Å². The second-order valence-corrected chi connectivity index (χ2v) is 7.93. The lowest BCUT2D eigenvalue weighted by molar-refractivity contribution is 0.147. The lowest BCUT2D eigenvalue weighted by Gasteiger charge is -2.07. The van der Waals surface area contributed by atoms with Crippen LogP contribution in [0.15, 0.2) is 37.0 Å². The highest BCUT2D eigenvalue weighted by atomic mass is 35.5. The highest BCUT2D eigenvalue weighted by Gasteiger charge is 2.15. The van der Waals surface area contributed by atoms with Gasteiger partial charge in [0.1, 0.15) is 24.0 Å². The van der Waals surface area contributed by atoms with Crippen molar-refractivity contribution < 1.29 is 19.0 Å². The van der Waals surface area contributed by atoms with Gasteiger partial charge in [-0.3, -0.25) is 0 Å². The van der Waals surface area contributed by atoms with Gasteiger partial charge >= 0.3 is 5.43 Å². The Balaban J connectivity index is 1.74. The third-order valence-corrected chi connectivity index (χ3v) is 5.69. The summed E-state index contributed by atoms with van der Waals surface area (Å²) >= 11 is 6.69. The zero-order valence-electron chi connectivity index (χ0n) is 16.8. The summed E-state index contributed by atoms with van der Waals surface area (Å²) in [5, 5.41) is 0.819. The van der Waals surface area contributed by atoms with Gasteiger partial charge in [-0.05, 0) is 42.3 Å². The Hall–Kier alpha value is -3.23. The number of hydrogen-bond acceptors (Lipinski definition) is 8. The standard InChI is InChI=1S/C22H18ClN3O4S/c1-4-13-8-15(20-16(9-13)25-18(28-3)11-24-20)21-26-19-12(2)7-14(10-17(19)31-21)29-5-6-30-22(23)27/h4,7-11H,1,5-6H2,2-3H3. The normalized spacial score (nSPS) is 10.9. The summed E-state index contributed by atoms with van der Waals surface area (Å²) in [4.78, 5) is 24.6. The first-order chi connectivity index (χ1) is 15.0. The van der Waals surface area contributed by atoms with Crippen molar-refractivity contribution in [1.29, 1.82) is 0 Å². The number of carbonyl (C=O) groups excluding carboxylic acids is 1. The Morgan fingerprint density at radius 2 is 2.03 bits per heavy atom. The lowest BCUT2D eigenvalue weighted by atomic mass is 10.1. The van der Waals surface area contributed by atoms with E-state index in [0.29, 0.717) is 17.1 Å². The number of methoxy groups -OCH3 is 1. The van der Waals surface area contributed by atoms with Crippen LogP contribution in [0.2, 0.25) is 0 Å². The van der Waals surface area contributed by atoms with E-state index in [-0.39, 0.29) is 13.2 Å². The van der Waals surface area contributed by atoms with Crippen molar-refractivity contribution >= 4 is 55.7 Å². The summed E-state index contributed by atoms with van der Waals surface area (Å²) in [7, 11) is 1.56. The third-order valence-electron chi connectivity index (χ3n) is 4.55. The quantitative estimate of drug-likeness (QED) is 0.264. The smallest absolute Gasteiger partial charge is 0.403 e. The number of halogens is 1. The van der Waals surface area contributed by atoms with E-state index >= 15 is 0 Å². The largest absolute Gasteiger partial charge is 0.490 e. The van der Waals surface area contributed by atoms with Crippen LogP contribution in [-0.2, 0) is 4.74 Å². The van der Waals surface area contributed by atoms with Crippen LogP contribution >= 0.6 is 22.9 Å². The monoisotopic (exact) mass is 455 g/mol. The molecular formula is C22H18ClN3O4S. The van der Waals surface area contributed by atoms with E-state index < -0.39 is 5.43 Å². The molecule has 0 saturated carbocycles. The zero-order chi connectivity index (χ0) is 22.0. The Kier molecular flexibility index (Phi) is 6.01.